The van der Waals surface area contributed by atoms with E-state index in [4.69, 9.17) is 0 Å². The van der Waals surface area contributed by atoms with Gasteiger partial charge in [-0.1, -0.05) is 0 Å². The first kappa shape index (κ1) is 16.3. The number of rotatable bonds is 5. The zero-order valence-electron chi connectivity index (χ0n) is 13.0. The summed E-state index contributed by atoms with van der Waals surface area (Å²) in [6.07, 6.45) is 3.07. The molecule has 0 unspecified atom stereocenters. The molecule has 1 aromatic carbocycles. The molecule has 24 heavy (non-hydrogen) atoms. The van der Waals surface area contributed by atoms with Gasteiger partial charge in [-0.05, 0) is 49.2 Å². The van der Waals surface area contributed by atoms with Crippen molar-refractivity contribution < 1.29 is 13.5 Å². The van der Waals surface area contributed by atoms with Gasteiger partial charge in [0, 0.05) is 4.88 Å². The molecule has 0 spiro atoms. The summed E-state index contributed by atoms with van der Waals surface area (Å²) in [5, 5.41) is 5.11. The lowest BCUT2D eigenvalue weighted by Crippen LogP contribution is -2.01. The van der Waals surface area contributed by atoms with Crippen LogP contribution >= 0.6 is 11.3 Å². The Kier molecular flexibility index (Phi) is 4.66. The minimum atomic E-state index is -2.83. The number of aromatic nitrogens is 2. The van der Waals surface area contributed by atoms with Crippen molar-refractivity contribution in [3.05, 3.63) is 46.6 Å². The molecule has 0 radical (unpaired) electrons. The van der Waals surface area contributed by atoms with Gasteiger partial charge in [0.1, 0.15) is 16.9 Å². The second-order valence-corrected chi connectivity index (χ2v) is 6.21. The molecule has 3 rings (SSSR count). The maximum Gasteiger partial charge on any atom is 0.387 e. The topological polar surface area (TPSA) is 59.4 Å². The van der Waals surface area contributed by atoms with E-state index in [0.29, 0.717) is 5.82 Å². The van der Waals surface area contributed by atoms with Crippen LogP contribution in [0.2, 0.25) is 0 Å². The Labute approximate surface area is 141 Å². The molecule has 0 atom stereocenters. The molecule has 0 aliphatic heterocycles. The average molecular weight is 348 g/mol. The average Bonchev–Trinajstić information content (AvgIpc) is 2.84. The molecular weight excluding hydrogens is 334 g/mol. The van der Waals surface area contributed by atoms with Gasteiger partial charge in [-0.2, -0.15) is 13.9 Å². The van der Waals surface area contributed by atoms with E-state index in [1.807, 2.05) is 13.8 Å². The molecule has 2 heterocycles. The van der Waals surface area contributed by atoms with Gasteiger partial charge in [0.25, 0.3) is 0 Å². The summed E-state index contributed by atoms with van der Waals surface area (Å²) in [5.74, 6) is 0.743. The minimum Gasteiger partial charge on any atom is -0.435 e. The van der Waals surface area contributed by atoms with Gasteiger partial charge in [0.2, 0.25) is 0 Å². The van der Waals surface area contributed by atoms with Crippen LogP contribution in [-0.4, -0.2) is 22.8 Å². The fourth-order valence-corrected chi connectivity index (χ4v) is 3.17. The molecular formula is C16H14F2N4OS. The quantitative estimate of drug-likeness (QED) is 0.550. The summed E-state index contributed by atoms with van der Waals surface area (Å²) in [6.45, 7) is 1.23. The second kappa shape index (κ2) is 6.88. The third kappa shape index (κ3) is 3.48. The number of alkyl halides is 2. The molecule has 124 valence electrons. The number of thiophene rings is 1. The van der Waals surface area contributed by atoms with E-state index >= 15 is 0 Å². The predicted molar refractivity (Wildman–Crippen MR) is 91.2 cm³/mol. The van der Waals surface area contributed by atoms with Gasteiger partial charge >= 0.3 is 6.61 Å². The van der Waals surface area contributed by atoms with Gasteiger partial charge in [-0.25, -0.2) is 9.97 Å². The smallest absolute Gasteiger partial charge is 0.387 e. The lowest BCUT2D eigenvalue weighted by molar-refractivity contribution is -0.0498. The largest absolute Gasteiger partial charge is 0.435 e. The fraction of sp³-hybridized carbons (Fsp3) is 0.188. The van der Waals surface area contributed by atoms with Crippen molar-refractivity contribution in [1.29, 1.82) is 0 Å². The van der Waals surface area contributed by atoms with Crippen molar-refractivity contribution in [2.45, 2.75) is 20.5 Å². The summed E-state index contributed by atoms with van der Waals surface area (Å²) in [5.41, 5.74) is 4.78. The third-order valence-electron chi connectivity index (χ3n) is 3.45. The molecule has 1 N–H and O–H groups in total. The van der Waals surface area contributed by atoms with Crippen LogP contribution in [0.15, 0.2) is 35.7 Å². The van der Waals surface area contributed by atoms with Crippen molar-refractivity contribution in [2.24, 2.45) is 5.10 Å². The van der Waals surface area contributed by atoms with Crippen LogP contribution in [0.25, 0.3) is 10.2 Å². The highest BCUT2D eigenvalue weighted by atomic mass is 32.1. The van der Waals surface area contributed by atoms with E-state index in [-0.39, 0.29) is 5.75 Å². The fourth-order valence-electron chi connectivity index (χ4n) is 2.17. The SMILES string of the molecule is Cc1sc2ncnc(N/N=C\c3ccc(OC(F)F)cc3)c2c1C. The summed E-state index contributed by atoms with van der Waals surface area (Å²) < 4.78 is 28.5. The Hall–Kier alpha value is -2.61. The Morgan fingerprint density at radius 1 is 1.21 bits per heavy atom. The number of nitrogens with one attached hydrogen (secondary N) is 1. The van der Waals surface area contributed by atoms with Gasteiger partial charge in [-0.15, -0.1) is 11.3 Å². The second-order valence-electron chi connectivity index (χ2n) is 5.00. The Bertz CT molecular complexity index is 878. The van der Waals surface area contributed by atoms with Crippen LogP contribution < -0.4 is 10.2 Å². The number of hydrogen-bond acceptors (Lipinski definition) is 6. The highest BCUT2D eigenvalue weighted by Crippen LogP contribution is 2.32. The first-order chi connectivity index (χ1) is 11.5. The molecule has 8 heteroatoms. The van der Waals surface area contributed by atoms with Gasteiger partial charge < -0.3 is 4.74 Å². The van der Waals surface area contributed by atoms with Crippen LogP contribution in [0, 0.1) is 13.8 Å². The van der Waals surface area contributed by atoms with E-state index in [9.17, 15) is 8.78 Å². The molecule has 3 aromatic rings. The monoisotopic (exact) mass is 348 g/mol. The zero-order chi connectivity index (χ0) is 17.1. The lowest BCUT2D eigenvalue weighted by Gasteiger charge is -2.04. The van der Waals surface area contributed by atoms with E-state index in [1.165, 1.54) is 23.3 Å². The number of hydrazone groups is 1. The first-order valence-corrected chi connectivity index (χ1v) is 7.91. The van der Waals surface area contributed by atoms with Crippen molar-refractivity contribution in [3.63, 3.8) is 0 Å². The van der Waals surface area contributed by atoms with Crippen LogP contribution in [0.3, 0.4) is 0 Å². The number of aryl methyl sites for hydroxylation is 2. The highest BCUT2D eigenvalue weighted by molar-refractivity contribution is 7.18. The molecule has 5 nitrogen and oxygen atoms in total. The molecule has 0 saturated carbocycles. The molecule has 0 aliphatic rings. The molecule has 0 saturated heterocycles. The number of halogens is 2. The van der Waals surface area contributed by atoms with E-state index in [2.05, 4.69) is 25.2 Å². The van der Waals surface area contributed by atoms with Crippen molar-refractivity contribution >= 4 is 33.6 Å². The minimum absolute atomic E-state index is 0.108. The van der Waals surface area contributed by atoms with E-state index < -0.39 is 6.61 Å². The van der Waals surface area contributed by atoms with Crippen molar-refractivity contribution in [2.75, 3.05) is 5.43 Å². The number of hydrogen-bond donors (Lipinski definition) is 1. The molecule has 0 amide bonds. The van der Waals surface area contributed by atoms with Crippen LogP contribution in [0.4, 0.5) is 14.6 Å². The summed E-state index contributed by atoms with van der Waals surface area (Å²) in [6, 6.07) is 6.20. The van der Waals surface area contributed by atoms with Crippen molar-refractivity contribution in [1.82, 2.24) is 9.97 Å². The van der Waals surface area contributed by atoms with E-state index in [1.54, 1.807) is 29.7 Å². The van der Waals surface area contributed by atoms with Crippen LogP contribution in [0.1, 0.15) is 16.0 Å². The number of benzene rings is 1. The van der Waals surface area contributed by atoms with Crippen molar-refractivity contribution in [3.8, 4) is 5.75 Å². The standard InChI is InChI=1S/C16H14F2N4OS/c1-9-10(2)24-15-13(9)14(19-8-20-15)22-21-7-11-3-5-12(6-4-11)23-16(17)18/h3-8,16H,1-2H3,(H,19,20,22)/b21-7-. The maximum absolute atomic E-state index is 12.1. The van der Waals surface area contributed by atoms with Gasteiger partial charge in [0.05, 0.1) is 11.6 Å². The Morgan fingerprint density at radius 3 is 2.67 bits per heavy atom. The highest BCUT2D eigenvalue weighted by Gasteiger charge is 2.11. The van der Waals surface area contributed by atoms with Gasteiger partial charge in [-0.3, -0.25) is 5.43 Å². The number of fused-ring (bicyclic) bond motifs is 1. The molecule has 2 aromatic heterocycles. The number of anilines is 1. The zero-order valence-corrected chi connectivity index (χ0v) is 13.8. The number of ether oxygens (including phenoxy) is 1. The Morgan fingerprint density at radius 2 is 1.96 bits per heavy atom. The molecule has 0 fully saturated rings. The van der Waals surface area contributed by atoms with Gasteiger partial charge in [0.15, 0.2) is 5.82 Å². The Balaban J connectivity index is 1.75. The lowest BCUT2D eigenvalue weighted by atomic mass is 10.2. The number of nitrogens with zero attached hydrogens (tertiary/aromatic N) is 3. The van der Waals surface area contributed by atoms with E-state index in [0.717, 1.165) is 21.3 Å². The predicted octanol–water partition coefficient (Wildman–Crippen LogP) is 4.36. The van der Waals surface area contributed by atoms with Crippen LogP contribution in [0.5, 0.6) is 5.75 Å². The molecule has 0 aliphatic carbocycles. The maximum atomic E-state index is 12.1. The summed E-state index contributed by atoms with van der Waals surface area (Å²) in [7, 11) is 0. The summed E-state index contributed by atoms with van der Waals surface area (Å²) in [4.78, 5) is 10.6. The summed E-state index contributed by atoms with van der Waals surface area (Å²) >= 11 is 1.61. The first-order valence-electron chi connectivity index (χ1n) is 7.09. The normalized spacial score (nSPS) is 11.5. The molecule has 0 bridgehead atoms. The third-order valence-corrected chi connectivity index (χ3v) is 4.57. The van der Waals surface area contributed by atoms with Crippen LogP contribution in [-0.2, 0) is 0 Å².